The first-order valence-electron chi connectivity index (χ1n) is 7.14. The minimum Gasteiger partial charge on any atom is -0.463 e. The summed E-state index contributed by atoms with van der Waals surface area (Å²) in [5, 5.41) is -0.0453. The fraction of sp³-hybridized carbons (Fsp3) is 0.222. The lowest BCUT2D eigenvalue weighted by Gasteiger charge is -2.07. The minimum absolute atomic E-state index is 0.0453. The number of hydrogen-bond acceptors (Lipinski definition) is 4. The van der Waals surface area contributed by atoms with Crippen LogP contribution in [-0.4, -0.2) is 0 Å². The highest BCUT2D eigenvalue weighted by Crippen LogP contribution is 2.22. The van der Waals surface area contributed by atoms with Crippen LogP contribution in [0.3, 0.4) is 0 Å². The standard InChI is InChI=1S/C18H16O4/c1-10(2)12-4-6-13(7-5-12)14-9-21-15-8-11(3)22-18(20)16(15)17(14)19/h4-10H,1-3H3. The van der Waals surface area contributed by atoms with Gasteiger partial charge in [0.1, 0.15) is 17.6 Å². The van der Waals surface area contributed by atoms with E-state index in [0.717, 1.165) is 5.56 Å². The summed E-state index contributed by atoms with van der Waals surface area (Å²) >= 11 is 0. The van der Waals surface area contributed by atoms with E-state index in [0.29, 0.717) is 17.2 Å². The molecular weight excluding hydrogens is 280 g/mol. The molecule has 22 heavy (non-hydrogen) atoms. The second-order valence-electron chi connectivity index (χ2n) is 5.64. The van der Waals surface area contributed by atoms with E-state index in [4.69, 9.17) is 8.83 Å². The number of aryl methyl sites for hydroxylation is 1. The van der Waals surface area contributed by atoms with Crippen molar-refractivity contribution in [2.24, 2.45) is 0 Å². The SMILES string of the molecule is Cc1cc2occ(-c3ccc(C(C)C)cc3)c(=O)c2c(=O)o1. The van der Waals surface area contributed by atoms with E-state index in [2.05, 4.69) is 13.8 Å². The normalized spacial score (nSPS) is 11.3. The maximum absolute atomic E-state index is 12.6. The lowest BCUT2D eigenvalue weighted by Crippen LogP contribution is -2.14. The zero-order valence-corrected chi connectivity index (χ0v) is 12.7. The highest BCUT2D eigenvalue weighted by Gasteiger charge is 2.14. The highest BCUT2D eigenvalue weighted by molar-refractivity contribution is 5.80. The van der Waals surface area contributed by atoms with Crippen LogP contribution in [0.4, 0.5) is 0 Å². The van der Waals surface area contributed by atoms with Crippen LogP contribution in [0.15, 0.2) is 55.0 Å². The van der Waals surface area contributed by atoms with E-state index in [9.17, 15) is 9.59 Å². The fourth-order valence-corrected chi connectivity index (χ4v) is 2.44. The summed E-state index contributed by atoms with van der Waals surface area (Å²) in [6, 6.07) is 9.22. The van der Waals surface area contributed by atoms with Crippen molar-refractivity contribution in [1.82, 2.24) is 0 Å². The molecule has 0 aliphatic rings. The molecule has 0 spiro atoms. The zero-order valence-electron chi connectivity index (χ0n) is 12.7. The molecule has 0 radical (unpaired) electrons. The number of fused-ring (bicyclic) bond motifs is 1. The molecule has 112 valence electrons. The summed E-state index contributed by atoms with van der Waals surface area (Å²) in [6.07, 6.45) is 1.40. The Morgan fingerprint density at radius 2 is 1.73 bits per heavy atom. The van der Waals surface area contributed by atoms with Crippen molar-refractivity contribution in [2.45, 2.75) is 26.7 Å². The Labute approximate surface area is 127 Å². The van der Waals surface area contributed by atoms with Crippen molar-refractivity contribution >= 4 is 11.0 Å². The molecule has 4 nitrogen and oxygen atoms in total. The van der Waals surface area contributed by atoms with Crippen LogP contribution < -0.4 is 11.1 Å². The molecule has 0 saturated carbocycles. The van der Waals surface area contributed by atoms with Crippen molar-refractivity contribution in [3.05, 3.63) is 68.6 Å². The van der Waals surface area contributed by atoms with Gasteiger partial charge in [0.05, 0.1) is 5.56 Å². The first kappa shape index (κ1) is 14.3. The van der Waals surface area contributed by atoms with Gasteiger partial charge in [-0.25, -0.2) is 4.79 Å². The first-order chi connectivity index (χ1) is 10.5. The molecule has 0 saturated heterocycles. The summed E-state index contributed by atoms with van der Waals surface area (Å²) < 4.78 is 10.5. The van der Waals surface area contributed by atoms with Crippen LogP contribution in [0.2, 0.25) is 0 Å². The van der Waals surface area contributed by atoms with Gasteiger partial charge in [0.15, 0.2) is 5.39 Å². The summed E-state index contributed by atoms with van der Waals surface area (Å²) in [5.41, 5.74) is 1.49. The molecule has 0 aliphatic heterocycles. The average Bonchev–Trinajstić information content (AvgIpc) is 2.47. The van der Waals surface area contributed by atoms with E-state index in [1.54, 1.807) is 13.0 Å². The lowest BCUT2D eigenvalue weighted by molar-refractivity contribution is 0.481. The molecule has 2 heterocycles. The van der Waals surface area contributed by atoms with Crippen LogP contribution in [-0.2, 0) is 0 Å². The molecular formula is C18H16O4. The van der Waals surface area contributed by atoms with Gasteiger partial charge >= 0.3 is 5.63 Å². The Hall–Kier alpha value is -2.62. The molecule has 0 aliphatic carbocycles. The predicted molar refractivity (Wildman–Crippen MR) is 85.3 cm³/mol. The van der Waals surface area contributed by atoms with Gasteiger partial charge in [-0.1, -0.05) is 38.1 Å². The molecule has 3 aromatic rings. The molecule has 0 fully saturated rings. The summed E-state index contributed by atoms with van der Waals surface area (Å²) in [5.74, 6) is 0.826. The lowest BCUT2D eigenvalue weighted by atomic mass is 9.99. The van der Waals surface area contributed by atoms with Crippen LogP contribution in [0.1, 0.15) is 31.1 Å². The van der Waals surface area contributed by atoms with Gasteiger partial charge in [-0.15, -0.1) is 0 Å². The van der Waals surface area contributed by atoms with Gasteiger partial charge in [-0.05, 0) is 24.0 Å². The molecule has 4 heteroatoms. The van der Waals surface area contributed by atoms with Crippen molar-refractivity contribution in [2.75, 3.05) is 0 Å². The third-order valence-corrected chi connectivity index (χ3v) is 3.70. The van der Waals surface area contributed by atoms with Crippen molar-refractivity contribution in [1.29, 1.82) is 0 Å². The van der Waals surface area contributed by atoms with E-state index in [1.807, 2.05) is 24.3 Å². The second kappa shape index (κ2) is 5.30. The maximum atomic E-state index is 12.6. The third kappa shape index (κ3) is 2.37. The van der Waals surface area contributed by atoms with Crippen LogP contribution >= 0.6 is 0 Å². The van der Waals surface area contributed by atoms with Gasteiger partial charge in [-0.3, -0.25) is 4.79 Å². The summed E-state index contributed by atoms with van der Waals surface area (Å²) in [4.78, 5) is 24.5. The van der Waals surface area contributed by atoms with Crippen molar-refractivity contribution in [3.8, 4) is 11.1 Å². The zero-order chi connectivity index (χ0) is 15.9. The third-order valence-electron chi connectivity index (χ3n) is 3.70. The average molecular weight is 296 g/mol. The molecule has 2 aromatic heterocycles. The van der Waals surface area contributed by atoms with E-state index in [1.165, 1.54) is 11.8 Å². The van der Waals surface area contributed by atoms with Crippen LogP contribution in [0.25, 0.3) is 22.1 Å². The minimum atomic E-state index is -0.663. The van der Waals surface area contributed by atoms with Gasteiger partial charge < -0.3 is 8.83 Å². The maximum Gasteiger partial charge on any atom is 0.351 e. The Bertz CT molecular complexity index is 943. The predicted octanol–water partition coefficient (Wildman–Crippen LogP) is 3.85. The quantitative estimate of drug-likeness (QED) is 0.720. The molecule has 0 amide bonds. The van der Waals surface area contributed by atoms with Gasteiger partial charge in [0, 0.05) is 6.07 Å². The monoisotopic (exact) mass is 296 g/mol. The number of hydrogen-bond donors (Lipinski definition) is 0. The number of rotatable bonds is 2. The first-order valence-corrected chi connectivity index (χ1v) is 7.14. The number of benzene rings is 1. The molecule has 0 unspecified atom stereocenters. The van der Waals surface area contributed by atoms with Crippen molar-refractivity contribution < 1.29 is 8.83 Å². The van der Waals surface area contributed by atoms with Crippen molar-refractivity contribution in [3.63, 3.8) is 0 Å². The van der Waals surface area contributed by atoms with Gasteiger partial charge in [-0.2, -0.15) is 0 Å². The molecule has 0 atom stereocenters. The van der Waals surface area contributed by atoms with E-state index >= 15 is 0 Å². The Kier molecular flexibility index (Phi) is 3.45. The van der Waals surface area contributed by atoms with Gasteiger partial charge in [0.2, 0.25) is 5.43 Å². The van der Waals surface area contributed by atoms with E-state index < -0.39 is 5.63 Å². The Morgan fingerprint density at radius 3 is 2.36 bits per heavy atom. The van der Waals surface area contributed by atoms with Gasteiger partial charge in [0.25, 0.3) is 0 Å². The highest BCUT2D eigenvalue weighted by atomic mass is 16.4. The van der Waals surface area contributed by atoms with Crippen LogP contribution in [0, 0.1) is 6.92 Å². The summed E-state index contributed by atoms with van der Waals surface area (Å²) in [6.45, 7) is 5.85. The van der Waals surface area contributed by atoms with Crippen LogP contribution in [0.5, 0.6) is 0 Å². The summed E-state index contributed by atoms with van der Waals surface area (Å²) in [7, 11) is 0. The topological polar surface area (TPSA) is 60.4 Å². The largest absolute Gasteiger partial charge is 0.463 e. The molecule has 0 N–H and O–H groups in total. The fourth-order valence-electron chi connectivity index (χ4n) is 2.44. The molecule has 0 bridgehead atoms. The van der Waals surface area contributed by atoms with E-state index in [-0.39, 0.29) is 16.4 Å². The second-order valence-corrected chi connectivity index (χ2v) is 5.64. The smallest absolute Gasteiger partial charge is 0.351 e. The Balaban J connectivity index is 2.22. The molecule has 3 rings (SSSR count). The molecule has 1 aromatic carbocycles. The Morgan fingerprint density at radius 1 is 1.05 bits per heavy atom.